The van der Waals surface area contributed by atoms with Crippen LogP contribution in [-0.2, 0) is 6.54 Å². The van der Waals surface area contributed by atoms with Gasteiger partial charge >= 0.3 is 0 Å². The molecule has 0 aromatic carbocycles. The number of likely N-dealkylation sites (N-methyl/N-ethyl adjacent to an activating group) is 1. The van der Waals surface area contributed by atoms with Gasteiger partial charge in [-0.15, -0.1) is 0 Å². The summed E-state index contributed by atoms with van der Waals surface area (Å²) in [5.74, 6) is 1.09. The van der Waals surface area contributed by atoms with Crippen molar-refractivity contribution >= 4 is 15.9 Å². The smallest absolute Gasteiger partial charge is 0.169 e. The SMILES string of the molecule is C[NH+]1CCC[NH+](Cc2ccc(Br)o2)CC1. The highest BCUT2D eigenvalue weighted by molar-refractivity contribution is 9.10. The van der Waals surface area contributed by atoms with Crippen molar-refractivity contribution in [1.29, 1.82) is 0 Å². The van der Waals surface area contributed by atoms with E-state index in [1.54, 1.807) is 9.80 Å². The zero-order valence-corrected chi connectivity index (χ0v) is 10.8. The first kappa shape index (κ1) is 11.2. The molecule has 1 saturated heterocycles. The van der Waals surface area contributed by atoms with E-state index in [9.17, 15) is 0 Å². The second-order valence-corrected chi connectivity index (χ2v) is 5.22. The van der Waals surface area contributed by atoms with E-state index in [1.807, 2.05) is 6.07 Å². The number of quaternary nitrogens is 2. The summed E-state index contributed by atoms with van der Waals surface area (Å²) in [5.41, 5.74) is 0. The van der Waals surface area contributed by atoms with E-state index in [4.69, 9.17) is 4.42 Å². The van der Waals surface area contributed by atoms with Gasteiger partial charge < -0.3 is 14.2 Å². The molecule has 2 N–H and O–H groups in total. The number of furan rings is 1. The van der Waals surface area contributed by atoms with Crippen LogP contribution in [0.4, 0.5) is 0 Å². The fourth-order valence-corrected chi connectivity index (χ4v) is 2.49. The topological polar surface area (TPSA) is 22.0 Å². The minimum atomic E-state index is 0.842. The lowest BCUT2D eigenvalue weighted by Crippen LogP contribution is -3.15. The van der Waals surface area contributed by atoms with Crippen LogP contribution in [0, 0.1) is 0 Å². The van der Waals surface area contributed by atoms with E-state index in [2.05, 4.69) is 29.0 Å². The molecule has 3 nitrogen and oxygen atoms in total. The van der Waals surface area contributed by atoms with Gasteiger partial charge in [-0.25, -0.2) is 0 Å². The van der Waals surface area contributed by atoms with Crippen molar-refractivity contribution < 1.29 is 14.2 Å². The Labute approximate surface area is 99.2 Å². The van der Waals surface area contributed by atoms with E-state index in [0.29, 0.717) is 0 Å². The summed E-state index contributed by atoms with van der Waals surface area (Å²) in [6, 6.07) is 4.04. The maximum absolute atomic E-state index is 5.54. The summed E-state index contributed by atoms with van der Waals surface area (Å²) in [4.78, 5) is 3.30. The minimum absolute atomic E-state index is 0.842. The highest BCUT2D eigenvalue weighted by Crippen LogP contribution is 2.12. The maximum Gasteiger partial charge on any atom is 0.169 e. The molecule has 15 heavy (non-hydrogen) atoms. The van der Waals surface area contributed by atoms with Crippen molar-refractivity contribution in [2.24, 2.45) is 0 Å². The normalized spacial score (nSPS) is 27.6. The fourth-order valence-electron chi connectivity index (χ4n) is 2.15. The molecule has 0 aliphatic carbocycles. The minimum Gasteiger partial charge on any atom is -0.448 e. The third-order valence-corrected chi connectivity index (χ3v) is 3.52. The molecule has 1 aromatic rings. The van der Waals surface area contributed by atoms with Crippen molar-refractivity contribution in [1.82, 2.24) is 0 Å². The summed E-state index contributed by atoms with van der Waals surface area (Å²) in [5, 5.41) is 0. The van der Waals surface area contributed by atoms with Crippen LogP contribution >= 0.6 is 15.9 Å². The molecule has 0 saturated carbocycles. The van der Waals surface area contributed by atoms with E-state index in [-0.39, 0.29) is 0 Å². The Morgan fingerprint density at radius 2 is 2.13 bits per heavy atom. The summed E-state index contributed by atoms with van der Waals surface area (Å²) in [6.45, 7) is 6.14. The average Bonchev–Trinajstić information content (AvgIpc) is 2.48. The van der Waals surface area contributed by atoms with Crippen LogP contribution in [0.1, 0.15) is 12.2 Å². The molecule has 1 aromatic heterocycles. The molecule has 1 aliphatic heterocycles. The summed E-state index contributed by atoms with van der Waals surface area (Å²) < 4.78 is 6.39. The van der Waals surface area contributed by atoms with Crippen LogP contribution in [0.2, 0.25) is 0 Å². The molecule has 2 rings (SSSR count). The largest absolute Gasteiger partial charge is 0.448 e. The first-order valence-electron chi connectivity index (χ1n) is 5.63. The molecule has 2 unspecified atom stereocenters. The molecule has 0 radical (unpaired) electrons. The zero-order chi connectivity index (χ0) is 10.7. The number of nitrogens with one attached hydrogen (secondary N) is 2. The van der Waals surface area contributed by atoms with Crippen LogP contribution < -0.4 is 9.80 Å². The molecule has 2 heterocycles. The molecule has 0 amide bonds. The molecule has 4 heteroatoms. The predicted octanol–water partition coefficient (Wildman–Crippen LogP) is -0.655. The van der Waals surface area contributed by atoms with Crippen LogP contribution in [0.25, 0.3) is 0 Å². The van der Waals surface area contributed by atoms with Gasteiger partial charge in [0.2, 0.25) is 0 Å². The van der Waals surface area contributed by atoms with Gasteiger partial charge in [-0.05, 0) is 28.1 Å². The Morgan fingerprint density at radius 1 is 1.27 bits per heavy atom. The molecule has 84 valence electrons. The molecular weight excluding hydrogens is 256 g/mol. The van der Waals surface area contributed by atoms with Gasteiger partial charge in [0, 0.05) is 6.42 Å². The summed E-state index contributed by atoms with van der Waals surface area (Å²) in [7, 11) is 2.28. The number of rotatable bonds is 2. The van der Waals surface area contributed by atoms with Crippen molar-refractivity contribution in [2.75, 3.05) is 33.2 Å². The van der Waals surface area contributed by atoms with Gasteiger partial charge in [0.15, 0.2) is 10.4 Å². The number of hydrogen-bond acceptors (Lipinski definition) is 1. The Hall–Kier alpha value is -0.320. The van der Waals surface area contributed by atoms with E-state index >= 15 is 0 Å². The van der Waals surface area contributed by atoms with Gasteiger partial charge in [-0.1, -0.05) is 0 Å². The quantitative estimate of drug-likeness (QED) is 0.735. The lowest BCUT2D eigenvalue weighted by Gasteiger charge is -2.14. The van der Waals surface area contributed by atoms with Crippen LogP contribution in [0.15, 0.2) is 21.2 Å². The van der Waals surface area contributed by atoms with Crippen molar-refractivity contribution in [3.05, 3.63) is 22.6 Å². The van der Waals surface area contributed by atoms with Gasteiger partial charge in [0.25, 0.3) is 0 Å². The fraction of sp³-hybridized carbons (Fsp3) is 0.636. The van der Waals surface area contributed by atoms with E-state index in [1.165, 1.54) is 32.6 Å². The Balaban J connectivity index is 1.88. The second kappa shape index (κ2) is 5.14. The summed E-state index contributed by atoms with van der Waals surface area (Å²) >= 11 is 3.34. The molecular formula is C11H19BrN2O+2. The van der Waals surface area contributed by atoms with Gasteiger partial charge in [-0.2, -0.15) is 0 Å². The monoisotopic (exact) mass is 274 g/mol. The Kier molecular flexibility index (Phi) is 3.83. The molecule has 2 atom stereocenters. The third kappa shape index (κ3) is 3.33. The van der Waals surface area contributed by atoms with Crippen LogP contribution in [0.5, 0.6) is 0 Å². The lowest BCUT2D eigenvalue weighted by molar-refractivity contribution is -0.939. The Bertz CT molecular complexity index is 313. The standard InChI is InChI=1S/C11H17BrN2O/c1-13-5-2-6-14(8-7-13)9-10-3-4-11(12)15-10/h3-4H,2,5-9H2,1H3/p+2. The van der Waals surface area contributed by atoms with E-state index in [0.717, 1.165) is 17.0 Å². The van der Waals surface area contributed by atoms with Crippen molar-refractivity contribution in [2.45, 2.75) is 13.0 Å². The third-order valence-electron chi connectivity index (χ3n) is 3.09. The maximum atomic E-state index is 5.54. The van der Waals surface area contributed by atoms with Crippen molar-refractivity contribution in [3.8, 4) is 0 Å². The number of halogens is 1. The van der Waals surface area contributed by atoms with Gasteiger partial charge in [0.05, 0.1) is 20.1 Å². The van der Waals surface area contributed by atoms with Crippen LogP contribution in [-0.4, -0.2) is 33.2 Å². The molecule has 1 aliphatic rings. The highest BCUT2D eigenvalue weighted by Gasteiger charge is 2.18. The van der Waals surface area contributed by atoms with Crippen molar-refractivity contribution in [3.63, 3.8) is 0 Å². The molecule has 0 bridgehead atoms. The Morgan fingerprint density at radius 3 is 2.87 bits per heavy atom. The van der Waals surface area contributed by atoms with Crippen LogP contribution in [0.3, 0.4) is 0 Å². The highest BCUT2D eigenvalue weighted by atomic mass is 79.9. The zero-order valence-electron chi connectivity index (χ0n) is 9.18. The average molecular weight is 275 g/mol. The number of hydrogen-bond donors (Lipinski definition) is 2. The molecule has 0 spiro atoms. The van der Waals surface area contributed by atoms with Gasteiger partial charge in [-0.3, -0.25) is 0 Å². The first-order valence-corrected chi connectivity index (χ1v) is 6.42. The summed E-state index contributed by atoms with van der Waals surface area (Å²) in [6.07, 6.45) is 1.32. The first-order chi connectivity index (χ1) is 7.24. The van der Waals surface area contributed by atoms with Gasteiger partial charge in [0.1, 0.15) is 19.6 Å². The van der Waals surface area contributed by atoms with E-state index < -0.39 is 0 Å². The molecule has 1 fully saturated rings. The predicted molar refractivity (Wildman–Crippen MR) is 62.0 cm³/mol. The lowest BCUT2D eigenvalue weighted by atomic mass is 10.3. The second-order valence-electron chi connectivity index (χ2n) is 4.44.